The zero-order valence-electron chi connectivity index (χ0n) is 27.5. The summed E-state index contributed by atoms with van der Waals surface area (Å²) in [4.78, 5) is 46.1. The minimum atomic E-state index is -4.54. The molecule has 254 valence electrons. The number of alkyl carbamates (subject to hydrolysis) is 1. The van der Waals surface area contributed by atoms with Crippen LogP contribution >= 0.6 is 0 Å². The van der Waals surface area contributed by atoms with Crippen LogP contribution in [0.4, 0.5) is 23.7 Å². The standard InChI is InChI=1S/C36H40F3N5O4/c1-22(42-31(45)30-16-28(13-14-40-30)43-18-35(19-43)20-44(21-35)32(46)25-9-10-25)23-5-7-24(8-6-23)29-15-27(36(37,38)39)12-11-26(29)17-41-33(47)48-34(2,3)4/h5-8,11-16,22,25H,9-10,17-21H2,1-4H3,(H,41,47)(H,42,45)/t22-/m1/s1. The molecule has 2 aliphatic heterocycles. The fourth-order valence-corrected chi connectivity index (χ4v) is 6.36. The number of pyridine rings is 1. The Hall–Kier alpha value is -4.61. The molecule has 3 aromatic rings. The van der Waals surface area contributed by atoms with Gasteiger partial charge in [-0.05, 0) is 87.1 Å². The maximum absolute atomic E-state index is 13.6. The Bertz CT molecular complexity index is 1700. The number of anilines is 1. The highest BCUT2D eigenvalue weighted by atomic mass is 19.4. The number of nitrogens with one attached hydrogen (secondary N) is 2. The van der Waals surface area contributed by atoms with Crippen LogP contribution in [0.1, 0.15) is 73.8 Å². The lowest BCUT2D eigenvalue weighted by molar-refractivity contribution is -0.146. The zero-order valence-corrected chi connectivity index (χ0v) is 27.5. The average molecular weight is 664 g/mol. The molecular formula is C36H40F3N5O4. The molecule has 3 fully saturated rings. The maximum Gasteiger partial charge on any atom is 0.416 e. The van der Waals surface area contributed by atoms with Gasteiger partial charge in [0, 0.05) is 55.9 Å². The van der Waals surface area contributed by atoms with Crippen molar-refractivity contribution in [2.45, 2.75) is 64.9 Å². The van der Waals surface area contributed by atoms with Crippen molar-refractivity contribution in [3.8, 4) is 11.1 Å². The summed E-state index contributed by atoms with van der Waals surface area (Å²) in [5.74, 6) is 0.184. The first-order valence-corrected chi connectivity index (χ1v) is 16.2. The third-order valence-electron chi connectivity index (χ3n) is 9.01. The highest BCUT2D eigenvalue weighted by molar-refractivity contribution is 5.93. The van der Waals surface area contributed by atoms with Gasteiger partial charge in [-0.1, -0.05) is 30.3 Å². The van der Waals surface area contributed by atoms with Crippen molar-refractivity contribution < 1.29 is 32.3 Å². The molecule has 9 nitrogen and oxygen atoms in total. The van der Waals surface area contributed by atoms with Crippen molar-refractivity contribution in [1.29, 1.82) is 0 Å². The van der Waals surface area contributed by atoms with Crippen LogP contribution in [0.25, 0.3) is 11.1 Å². The van der Waals surface area contributed by atoms with Crippen molar-refractivity contribution in [2.24, 2.45) is 11.3 Å². The zero-order chi connectivity index (χ0) is 34.4. The highest BCUT2D eigenvalue weighted by Crippen LogP contribution is 2.44. The van der Waals surface area contributed by atoms with E-state index in [0.29, 0.717) is 22.6 Å². The molecule has 2 saturated heterocycles. The van der Waals surface area contributed by atoms with E-state index in [-0.39, 0.29) is 29.5 Å². The lowest BCUT2D eigenvalue weighted by Gasteiger charge is -2.61. The fourth-order valence-electron chi connectivity index (χ4n) is 6.36. The van der Waals surface area contributed by atoms with E-state index in [4.69, 9.17) is 4.74 Å². The van der Waals surface area contributed by atoms with Crippen molar-refractivity contribution in [3.63, 3.8) is 0 Å². The van der Waals surface area contributed by atoms with Crippen molar-refractivity contribution in [2.75, 3.05) is 31.1 Å². The quantitative estimate of drug-likeness (QED) is 0.292. The number of hydrogen-bond donors (Lipinski definition) is 2. The van der Waals surface area contributed by atoms with E-state index in [1.165, 1.54) is 6.07 Å². The average Bonchev–Trinajstić information content (AvgIpc) is 3.83. The predicted molar refractivity (Wildman–Crippen MR) is 174 cm³/mol. The minimum absolute atomic E-state index is 0.0282. The summed E-state index contributed by atoms with van der Waals surface area (Å²) in [5, 5.41) is 5.58. The summed E-state index contributed by atoms with van der Waals surface area (Å²) < 4.78 is 46.1. The second-order valence-electron chi connectivity index (χ2n) is 14.3. The molecule has 2 N–H and O–H groups in total. The van der Waals surface area contributed by atoms with E-state index < -0.39 is 29.5 Å². The van der Waals surface area contributed by atoms with Crippen LogP contribution in [0.5, 0.6) is 0 Å². The van der Waals surface area contributed by atoms with E-state index in [1.54, 1.807) is 57.3 Å². The van der Waals surface area contributed by atoms with Gasteiger partial charge in [0.15, 0.2) is 0 Å². The van der Waals surface area contributed by atoms with Crippen molar-refractivity contribution >= 4 is 23.6 Å². The lowest BCUT2D eigenvalue weighted by Crippen LogP contribution is -2.73. The Morgan fingerprint density at radius 1 is 0.979 bits per heavy atom. The van der Waals surface area contributed by atoms with Crippen LogP contribution in [0, 0.1) is 11.3 Å². The normalized spacial score (nSPS) is 17.6. The number of carbonyl (C=O) groups is 3. The van der Waals surface area contributed by atoms with Gasteiger partial charge in [0.1, 0.15) is 11.3 Å². The monoisotopic (exact) mass is 663 g/mol. The number of amides is 3. The number of benzene rings is 2. The summed E-state index contributed by atoms with van der Waals surface area (Å²) in [6.45, 7) is 10.2. The molecular weight excluding hydrogens is 623 g/mol. The van der Waals surface area contributed by atoms with E-state index in [0.717, 1.165) is 62.4 Å². The third kappa shape index (κ3) is 7.42. The number of alkyl halides is 3. The Labute approximate surface area is 277 Å². The van der Waals surface area contributed by atoms with Gasteiger partial charge < -0.3 is 25.2 Å². The second kappa shape index (κ2) is 12.4. The Morgan fingerprint density at radius 3 is 2.29 bits per heavy atom. The first-order valence-electron chi connectivity index (χ1n) is 16.2. The largest absolute Gasteiger partial charge is 0.444 e. The van der Waals surface area contributed by atoms with Crippen LogP contribution in [0.2, 0.25) is 0 Å². The van der Waals surface area contributed by atoms with Crippen LogP contribution < -0.4 is 15.5 Å². The number of ether oxygens (including phenoxy) is 1. The molecule has 2 aromatic carbocycles. The summed E-state index contributed by atoms with van der Waals surface area (Å²) in [6, 6.07) is 13.5. The number of hydrogen-bond acceptors (Lipinski definition) is 6. The minimum Gasteiger partial charge on any atom is -0.444 e. The smallest absolute Gasteiger partial charge is 0.416 e. The predicted octanol–water partition coefficient (Wildman–Crippen LogP) is 6.34. The van der Waals surface area contributed by atoms with E-state index in [9.17, 15) is 27.6 Å². The Kier molecular flexibility index (Phi) is 8.63. The van der Waals surface area contributed by atoms with Crippen molar-refractivity contribution in [3.05, 3.63) is 83.2 Å². The number of nitrogens with zero attached hydrogens (tertiary/aromatic N) is 3. The van der Waals surface area contributed by atoms with Gasteiger partial charge in [-0.2, -0.15) is 13.2 Å². The molecule has 3 heterocycles. The van der Waals surface area contributed by atoms with Crippen LogP contribution in [0.3, 0.4) is 0 Å². The van der Waals surface area contributed by atoms with E-state index in [2.05, 4.69) is 20.5 Å². The first kappa shape index (κ1) is 33.3. The first-order chi connectivity index (χ1) is 22.6. The summed E-state index contributed by atoms with van der Waals surface area (Å²) in [6.07, 6.45) is -1.58. The molecule has 1 spiro atoms. The molecule has 6 rings (SSSR count). The molecule has 1 atom stereocenters. The van der Waals surface area contributed by atoms with Gasteiger partial charge in [0.05, 0.1) is 11.6 Å². The maximum atomic E-state index is 13.6. The SMILES string of the molecule is C[C@@H](NC(=O)c1cc(N2CC3(CN(C(=O)C4CC4)C3)C2)ccn1)c1ccc(-c2cc(C(F)(F)F)ccc2CNC(=O)OC(C)(C)C)cc1. The topological polar surface area (TPSA) is 104 Å². The van der Waals surface area contributed by atoms with Gasteiger partial charge in [0.2, 0.25) is 5.91 Å². The fraction of sp³-hybridized carbons (Fsp3) is 0.444. The van der Waals surface area contributed by atoms with Crippen LogP contribution in [0.15, 0.2) is 60.8 Å². The molecule has 3 aliphatic rings. The molecule has 3 amide bonds. The number of rotatable bonds is 8. The van der Waals surface area contributed by atoms with Gasteiger partial charge in [-0.25, -0.2) is 4.79 Å². The molecule has 0 unspecified atom stereocenters. The number of aromatic nitrogens is 1. The molecule has 48 heavy (non-hydrogen) atoms. The summed E-state index contributed by atoms with van der Waals surface area (Å²) in [5.41, 5.74) is 1.89. The van der Waals surface area contributed by atoms with Gasteiger partial charge >= 0.3 is 12.3 Å². The van der Waals surface area contributed by atoms with Crippen LogP contribution in [-0.4, -0.2) is 59.6 Å². The van der Waals surface area contributed by atoms with E-state index in [1.807, 2.05) is 17.9 Å². The Morgan fingerprint density at radius 2 is 1.67 bits per heavy atom. The molecule has 0 bridgehead atoms. The van der Waals surface area contributed by atoms with Crippen LogP contribution in [-0.2, 0) is 22.3 Å². The second-order valence-corrected chi connectivity index (χ2v) is 14.3. The van der Waals surface area contributed by atoms with Gasteiger partial charge in [0.25, 0.3) is 5.91 Å². The van der Waals surface area contributed by atoms with Crippen molar-refractivity contribution in [1.82, 2.24) is 20.5 Å². The molecule has 1 aromatic heterocycles. The molecule has 12 heteroatoms. The number of likely N-dealkylation sites (tertiary alicyclic amines) is 1. The summed E-state index contributed by atoms with van der Waals surface area (Å²) >= 11 is 0. The van der Waals surface area contributed by atoms with Gasteiger partial charge in [-0.15, -0.1) is 0 Å². The molecule has 1 aliphatic carbocycles. The molecule has 1 saturated carbocycles. The summed E-state index contributed by atoms with van der Waals surface area (Å²) in [7, 11) is 0. The highest BCUT2D eigenvalue weighted by Gasteiger charge is 2.54. The number of carbonyl (C=O) groups excluding carboxylic acids is 3. The molecule has 0 radical (unpaired) electrons. The van der Waals surface area contributed by atoms with Gasteiger partial charge in [-0.3, -0.25) is 14.6 Å². The number of halogens is 3. The third-order valence-corrected chi connectivity index (χ3v) is 9.01. The lowest BCUT2D eigenvalue weighted by atomic mass is 9.72. The van der Waals surface area contributed by atoms with E-state index >= 15 is 0 Å². The Balaban J connectivity index is 1.08.